The summed E-state index contributed by atoms with van der Waals surface area (Å²) in [5.74, 6) is -0.360. The van der Waals surface area contributed by atoms with Gasteiger partial charge >= 0.3 is 0 Å². The van der Waals surface area contributed by atoms with Gasteiger partial charge in [0.15, 0.2) is 0 Å². The zero-order valence-corrected chi connectivity index (χ0v) is 11.1. The second-order valence-corrected chi connectivity index (χ2v) is 4.81. The standard InChI is InChI=1S/C12H18N2O2S/c1-4-8(2)13-11(15)9(3)14-12(16)10-5-6-17-7-10/h5-9H,4H2,1-3H3,(H,13,15)(H,14,16)/t8-,9+/m0/s1. The van der Waals surface area contributed by atoms with E-state index in [0.29, 0.717) is 5.56 Å². The van der Waals surface area contributed by atoms with Crippen molar-refractivity contribution < 1.29 is 9.59 Å². The predicted molar refractivity (Wildman–Crippen MR) is 69.1 cm³/mol. The zero-order valence-electron chi connectivity index (χ0n) is 10.3. The predicted octanol–water partition coefficient (Wildman–Crippen LogP) is 1.78. The van der Waals surface area contributed by atoms with Crippen molar-refractivity contribution in [2.24, 2.45) is 0 Å². The summed E-state index contributed by atoms with van der Waals surface area (Å²) in [4.78, 5) is 23.4. The third kappa shape index (κ3) is 4.19. The van der Waals surface area contributed by atoms with Gasteiger partial charge in [0.1, 0.15) is 6.04 Å². The molecule has 0 aromatic carbocycles. The summed E-state index contributed by atoms with van der Waals surface area (Å²) in [6, 6.07) is 1.35. The van der Waals surface area contributed by atoms with Crippen LogP contribution < -0.4 is 10.6 Å². The van der Waals surface area contributed by atoms with Crippen molar-refractivity contribution >= 4 is 23.2 Å². The summed E-state index contributed by atoms with van der Waals surface area (Å²) in [6.45, 7) is 5.62. The Morgan fingerprint density at radius 2 is 2.06 bits per heavy atom. The van der Waals surface area contributed by atoms with E-state index in [-0.39, 0.29) is 17.9 Å². The Bertz CT molecular complexity index is 376. The highest BCUT2D eigenvalue weighted by molar-refractivity contribution is 7.08. The first-order chi connectivity index (χ1) is 8.04. The monoisotopic (exact) mass is 254 g/mol. The average Bonchev–Trinajstić information content (AvgIpc) is 2.82. The molecule has 0 radical (unpaired) electrons. The summed E-state index contributed by atoms with van der Waals surface area (Å²) in [5.41, 5.74) is 0.596. The molecule has 1 heterocycles. The molecule has 2 atom stereocenters. The lowest BCUT2D eigenvalue weighted by Gasteiger charge is -2.17. The molecule has 0 saturated carbocycles. The molecule has 2 amide bonds. The van der Waals surface area contributed by atoms with Crippen LogP contribution in [-0.4, -0.2) is 23.9 Å². The van der Waals surface area contributed by atoms with Gasteiger partial charge in [-0.1, -0.05) is 6.92 Å². The van der Waals surface area contributed by atoms with Gasteiger partial charge in [-0.3, -0.25) is 9.59 Å². The topological polar surface area (TPSA) is 58.2 Å². The molecule has 0 spiro atoms. The zero-order chi connectivity index (χ0) is 12.8. The molecule has 2 N–H and O–H groups in total. The molecule has 1 aromatic rings. The smallest absolute Gasteiger partial charge is 0.252 e. The Hall–Kier alpha value is -1.36. The maximum Gasteiger partial charge on any atom is 0.252 e. The Morgan fingerprint density at radius 3 is 2.59 bits per heavy atom. The van der Waals surface area contributed by atoms with Crippen LogP contribution in [0.15, 0.2) is 16.8 Å². The van der Waals surface area contributed by atoms with E-state index in [1.807, 2.05) is 19.2 Å². The first-order valence-corrected chi connectivity index (χ1v) is 6.62. The van der Waals surface area contributed by atoms with E-state index in [4.69, 9.17) is 0 Å². The number of thiophene rings is 1. The highest BCUT2D eigenvalue weighted by Crippen LogP contribution is 2.05. The Kier molecular flexibility index (Phi) is 5.15. The fraction of sp³-hybridized carbons (Fsp3) is 0.500. The van der Waals surface area contributed by atoms with E-state index < -0.39 is 6.04 Å². The fourth-order valence-electron chi connectivity index (χ4n) is 1.21. The van der Waals surface area contributed by atoms with Gasteiger partial charge in [-0.05, 0) is 31.7 Å². The van der Waals surface area contributed by atoms with Gasteiger partial charge in [-0.15, -0.1) is 0 Å². The lowest BCUT2D eigenvalue weighted by molar-refractivity contribution is -0.123. The van der Waals surface area contributed by atoms with Crippen molar-refractivity contribution in [3.63, 3.8) is 0 Å². The molecule has 0 aliphatic heterocycles. The van der Waals surface area contributed by atoms with Gasteiger partial charge in [0.05, 0.1) is 5.56 Å². The number of nitrogens with one attached hydrogen (secondary N) is 2. The summed E-state index contributed by atoms with van der Waals surface area (Å²) >= 11 is 1.46. The molecular weight excluding hydrogens is 236 g/mol. The highest BCUT2D eigenvalue weighted by Gasteiger charge is 2.17. The molecule has 0 aliphatic carbocycles. The molecule has 5 heteroatoms. The SMILES string of the molecule is CC[C@H](C)NC(=O)[C@@H](C)NC(=O)c1ccsc1. The number of hydrogen-bond donors (Lipinski definition) is 2. The molecule has 1 rings (SSSR count). The molecule has 94 valence electrons. The molecule has 0 bridgehead atoms. The van der Waals surface area contributed by atoms with Crippen LogP contribution in [0.4, 0.5) is 0 Å². The molecule has 0 fully saturated rings. The third-order valence-corrected chi connectivity index (χ3v) is 3.21. The van der Waals surface area contributed by atoms with E-state index in [0.717, 1.165) is 6.42 Å². The van der Waals surface area contributed by atoms with Crippen molar-refractivity contribution in [1.29, 1.82) is 0 Å². The summed E-state index contributed by atoms with van der Waals surface area (Å²) in [6.07, 6.45) is 0.872. The maximum atomic E-state index is 11.7. The average molecular weight is 254 g/mol. The van der Waals surface area contributed by atoms with Crippen LogP contribution in [-0.2, 0) is 4.79 Å². The van der Waals surface area contributed by atoms with Crippen LogP contribution in [0.5, 0.6) is 0 Å². The van der Waals surface area contributed by atoms with Crippen LogP contribution in [0, 0.1) is 0 Å². The highest BCUT2D eigenvalue weighted by atomic mass is 32.1. The minimum absolute atomic E-state index is 0.128. The first kappa shape index (κ1) is 13.7. The minimum atomic E-state index is -0.517. The van der Waals surface area contributed by atoms with E-state index in [2.05, 4.69) is 10.6 Å². The minimum Gasteiger partial charge on any atom is -0.352 e. The largest absolute Gasteiger partial charge is 0.352 e. The summed E-state index contributed by atoms with van der Waals surface area (Å²) < 4.78 is 0. The lowest BCUT2D eigenvalue weighted by Crippen LogP contribution is -2.47. The van der Waals surface area contributed by atoms with Gasteiger partial charge in [0.2, 0.25) is 5.91 Å². The third-order valence-electron chi connectivity index (χ3n) is 2.53. The maximum absolute atomic E-state index is 11.7. The molecule has 1 aromatic heterocycles. The molecule has 0 unspecified atom stereocenters. The fourth-order valence-corrected chi connectivity index (χ4v) is 1.85. The van der Waals surface area contributed by atoms with Crippen LogP contribution >= 0.6 is 11.3 Å². The van der Waals surface area contributed by atoms with Crippen LogP contribution in [0.1, 0.15) is 37.6 Å². The van der Waals surface area contributed by atoms with Gasteiger partial charge in [-0.25, -0.2) is 0 Å². The number of rotatable bonds is 5. The van der Waals surface area contributed by atoms with Crippen molar-refractivity contribution in [2.45, 2.75) is 39.3 Å². The van der Waals surface area contributed by atoms with E-state index in [1.165, 1.54) is 11.3 Å². The Balaban J connectivity index is 2.46. The number of amides is 2. The van der Waals surface area contributed by atoms with Crippen molar-refractivity contribution in [2.75, 3.05) is 0 Å². The van der Waals surface area contributed by atoms with Crippen LogP contribution in [0.2, 0.25) is 0 Å². The van der Waals surface area contributed by atoms with Crippen molar-refractivity contribution in [3.05, 3.63) is 22.4 Å². The number of carbonyl (C=O) groups excluding carboxylic acids is 2. The number of carbonyl (C=O) groups is 2. The quantitative estimate of drug-likeness (QED) is 0.841. The molecular formula is C12H18N2O2S. The van der Waals surface area contributed by atoms with Crippen LogP contribution in [0.25, 0.3) is 0 Å². The molecule has 4 nitrogen and oxygen atoms in total. The van der Waals surface area contributed by atoms with Crippen LogP contribution in [0.3, 0.4) is 0 Å². The van der Waals surface area contributed by atoms with E-state index in [9.17, 15) is 9.59 Å². The van der Waals surface area contributed by atoms with Crippen molar-refractivity contribution in [1.82, 2.24) is 10.6 Å². The van der Waals surface area contributed by atoms with Gasteiger partial charge in [-0.2, -0.15) is 11.3 Å². The normalized spacial score (nSPS) is 13.8. The van der Waals surface area contributed by atoms with Gasteiger partial charge in [0.25, 0.3) is 5.91 Å². The molecule has 0 saturated heterocycles. The molecule has 17 heavy (non-hydrogen) atoms. The van der Waals surface area contributed by atoms with E-state index in [1.54, 1.807) is 18.4 Å². The second-order valence-electron chi connectivity index (χ2n) is 4.03. The molecule has 0 aliphatic rings. The second kappa shape index (κ2) is 6.39. The van der Waals surface area contributed by atoms with Gasteiger partial charge < -0.3 is 10.6 Å². The number of hydrogen-bond acceptors (Lipinski definition) is 3. The Morgan fingerprint density at radius 1 is 1.35 bits per heavy atom. The summed E-state index contributed by atoms with van der Waals surface area (Å²) in [5, 5.41) is 9.09. The first-order valence-electron chi connectivity index (χ1n) is 5.68. The van der Waals surface area contributed by atoms with Crippen molar-refractivity contribution in [3.8, 4) is 0 Å². The summed E-state index contributed by atoms with van der Waals surface area (Å²) in [7, 11) is 0. The Labute approximate surface area is 105 Å². The van der Waals surface area contributed by atoms with Gasteiger partial charge in [0, 0.05) is 11.4 Å². The van der Waals surface area contributed by atoms with E-state index >= 15 is 0 Å². The lowest BCUT2D eigenvalue weighted by atomic mass is 10.2.